The lowest BCUT2D eigenvalue weighted by atomic mass is 10.1. The van der Waals surface area contributed by atoms with Crippen molar-refractivity contribution in [3.63, 3.8) is 0 Å². The first-order chi connectivity index (χ1) is 12.1. The number of nitrogens with zero attached hydrogens (tertiary/aromatic N) is 2. The van der Waals surface area contributed by atoms with E-state index in [2.05, 4.69) is 10.3 Å². The lowest BCUT2D eigenvalue weighted by molar-refractivity contribution is -0.131. The summed E-state index contributed by atoms with van der Waals surface area (Å²) in [4.78, 5) is 26.8. The lowest BCUT2D eigenvalue weighted by Crippen LogP contribution is -2.11. The molecule has 124 valence electrons. The van der Waals surface area contributed by atoms with Crippen LogP contribution >= 0.6 is 0 Å². The third kappa shape index (κ3) is 4.20. The number of carbonyl (C=O) groups excluding carboxylic acids is 1. The van der Waals surface area contributed by atoms with Crippen LogP contribution in [0, 0.1) is 0 Å². The predicted molar refractivity (Wildman–Crippen MR) is 94.6 cm³/mol. The summed E-state index contributed by atoms with van der Waals surface area (Å²) in [5, 5.41) is 11.4. The van der Waals surface area contributed by atoms with Crippen LogP contribution in [0.4, 0.5) is 5.69 Å². The Kier molecular flexibility index (Phi) is 4.71. The van der Waals surface area contributed by atoms with Gasteiger partial charge in [0, 0.05) is 35.4 Å². The summed E-state index contributed by atoms with van der Waals surface area (Å²) >= 11 is 0. The fourth-order valence-electron chi connectivity index (χ4n) is 2.25. The van der Waals surface area contributed by atoms with Gasteiger partial charge >= 0.3 is 5.97 Å². The zero-order valence-electron chi connectivity index (χ0n) is 13.2. The highest BCUT2D eigenvalue weighted by Gasteiger charge is 2.06. The Morgan fingerprint density at radius 3 is 2.36 bits per heavy atom. The number of hydrogen-bond acceptors (Lipinski definition) is 3. The van der Waals surface area contributed by atoms with Crippen molar-refractivity contribution >= 4 is 23.6 Å². The number of benzene rings is 2. The summed E-state index contributed by atoms with van der Waals surface area (Å²) in [6, 6.07) is 14.1. The molecule has 0 aliphatic rings. The van der Waals surface area contributed by atoms with Gasteiger partial charge in [-0.3, -0.25) is 4.79 Å². The van der Waals surface area contributed by atoms with Crippen LogP contribution in [-0.4, -0.2) is 26.5 Å². The first-order valence-electron chi connectivity index (χ1n) is 7.53. The van der Waals surface area contributed by atoms with Gasteiger partial charge in [-0.2, -0.15) is 0 Å². The molecule has 6 heteroatoms. The van der Waals surface area contributed by atoms with E-state index in [1.54, 1.807) is 48.9 Å². The molecule has 0 radical (unpaired) electrons. The maximum Gasteiger partial charge on any atom is 0.328 e. The number of anilines is 1. The SMILES string of the molecule is O=C(O)C=Cc1ccc(NC(=O)c2ccc(-n3ccnc3)cc2)cc1. The summed E-state index contributed by atoms with van der Waals surface area (Å²) in [5.41, 5.74) is 2.84. The maximum atomic E-state index is 12.3. The van der Waals surface area contributed by atoms with E-state index in [0.29, 0.717) is 11.3 Å². The number of rotatable bonds is 5. The van der Waals surface area contributed by atoms with E-state index in [-0.39, 0.29) is 5.91 Å². The number of carbonyl (C=O) groups is 2. The van der Waals surface area contributed by atoms with Crippen molar-refractivity contribution in [2.24, 2.45) is 0 Å². The second kappa shape index (κ2) is 7.27. The van der Waals surface area contributed by atoms with Crippen molar-refractivity contribution < 1.29 is 14.7 Å². The van der Waals surface area contributed by atoms with E-state index in [4.69, 9.17) is 5.11 Å². The quantitative estimate of drug-likeness (QED) is 0.702. The highest BCUT2D eigenvalue weighted by Crippen LogP contribution is 2.14. The molecular weight excluding hydrogens is 318 g/mol. The summed E-state index contributed by atoms with van der Waals surface area (Å²) < 4.78 is 1.85. The Bertz CT molecular complexity index is 896. The molecule has 0 aliphatic carbocycles. The molecule has 0 spiro atoms. The standard InChI is InChI=1S/C19H15N3O3/c23-18(24)10-3-14-1-6-16(7-2-14)21-19(25)15-4-8-17(9-5-15)22-12-11-20-13-22/h1-13H,(H,21,25)(H,23,24). The minimum Gasteiger partial charge on any atom is -0.478 e. The van der Waals surface area contributed by atoms with Gasteiger partial charge < -0.3 is 15.0 Å². The first kappa shape index (κ1) is 16.2. The van der Waals surface area contributed by atoms with Crippen LogP contribution in [0.1, 0.15) is 15.9 Å². The van der Waals surface area contributed by atoms with Gasteiger partial charge in [0.25, 0.3) is 5.91 Å². The van der Waals surface area contributed by atoms with Crippen LogP contribution in [0.25, 0.3) is 11.8 Å². The molecule has 0 fully saturated rings. The van der Waals surface area contributed by atoms with Gasteiger partial charge in [-0.1, -0.05) is 12.1 Å². The molecule has 3 rings (SSSR count). The van der Waals surface area contributed by atoms with Gasteiger partial charge in [0.1, 0.15) is 0 Å². The predicted octanol–water partition coefficient (Wildman–Crippen LogP) is 3.22. The minimum atomic E-state index is -1.00. The molecule has 0 saturated heterocycles. The van der Waals surface area contributed by atoms with Crippen molar-refractivity contribution in [1.82, 2.24) is 9.55 Å². The Morgan fingerprint density at radius 2 is 1.76 bits per heavy atom. The third-order valence-electron chi connectivity index (χ3n) is 3.52. The van der Waals surface area contributed by atoms with Crippen molar-refractivity contribution in [3.05, 3.63) is 84.5 Å². The van der Waals surface area contributed by atoms with E-state index >= 15 is 0 Å². The zero-order chi connectivity index (χ0) is 17.6. The van der Waals surface area contributed by atoms with E-state index in [1.807, 2.05) is 22.9 Å². The number of carboxylic acids is 1. The Morgan fingerprint density at radius 1 is 1.04 bits per heavy atom. The second-order valence-corrected chi connectivity index (χ2v) is 5.26. The van der Waals surface area contributed by atoms with Crippen molar-refractivity contribution in [2.45, 2.75) is 0 Å². The maximum absolute atomic E-state index is 12.3. The molecule has 25 heavy (non-hydrogen) atoms. The largest absolute Gasteiger partial charge is 0.478 e. The van der Waals surface area contributed by atoms with E-state index < -0.39 is 5.97 Å². The molecule has 3 aromatic rings. The monoisotopic (exact) mass is 333 g/mol. The lowest BCUT2D eigenvalue weighted by Gasteiger charge is -2.07. The highest BCUT2D eigenvalue weighted by molar-refractivity contribution is 6.04. The number of carboxylic acid groups (broad SMARTS) is 1. The first-order valence-corrected chi connectivity index (χ1v) is 7.53. The molecule has 1 heterocycles. The van der Waals surface area contributed by atoms with E-state index in [1.165, 1.54) is 6.08 Å². The average Bonchev–Trinajstić information content (AvgIpc) is 3.16. The number of hydrogen-bond donors (Lipinski definition) is 2. The molecule has 0 aliphatic heterocycles. The van der Waals surface area contributed by atoms with Crippen molar-refractivity contribution in [3.8, 4) is 5.69 Å². The number of aromatic nitrogens is 2. The molecule has 1 amide bonds. The molecule has 2 aromatic carbocycles. The number of amides is 1. The third-order valence-corrected chi connectivity index (χ3v) is 3.52. The van der Waals surface area contributed by atoms with Gasteiger partial charge in [-0.25, -0.2) is 9.78 Å². The average molecular weight is 333 g/mol. The van der Waals surface area contributed by atoms with Crippen LogP contribution < -0.4 is 5.32 Å². The normalized spacial score (nSPS) is 10.7. The molecule has 0 saturated carbocycles. The summed E-state index contributed by atoms with van der Waals surface area (Å²) in [5.74, 6) is -1.22. The zero-order valence-corrected chi connectivity index (χ0v) is 13.2. The van der Waals surface area contributed by atoms with Gasteiger partial charge in [0.05, 0.1) is 6.33 Å². The molecular formula is C19H15N3O3. The molecule has 0 unspecified atom stereocenters. The van der Waals surface area contributed by atoms with Crippen molar-refractivity contribution in [1.29, 1.82) is 0 Å². The number of nitrogens with one attached hydrogen (secondary N) is 1. The second-order valence-electron chi connectivity index (χ2n) is 5.26. The van der Waals surface area contributed by atoms with Gasteiger partial charge in [-0.05, 0) is 48.0 Å². The molecule has 2 N–H and O–H groups in total. The molecule has 0 bridgehead atoms. The van der Waals surface area contributed by atoms with Crippen LogP contribution in [0.3, 0.4) is 0 Å². The van der Waals surface area contributed by atoms with Crippen LogP contribution in [0.5, 0.6) is 0 Å². The fraction of sp³-hybridized carbons (Fsp3) is 0. The van der Waals surface area contributed by atoms with Crippen LogP contribution in [0.2, 0.25) is 0 Å². The number of aliphatic carboxylic acids is 1. The van der Waals surface area contributed by atoms with Gasteiger partial charge in [0.2, 0.25) is 0 Å². The Hall–Kier alpha value is -3.67. The fourth-order valence-corrected chi connectivity index (χ4v) is 2.25. The summed E-state index contributed by atoms with van der Waals surface area (Å²) in [6.07, 6.45) is 7.76. The van der Waals surface area contributed by atoms with Crippen molar-refractivity contribution in [2.75, 3.05) is 5.32 Å². The van der Waals surface area contributed by atoms with E-state index in [9.17, 15) is 9.59 Å². The topological polar surface area (TPSA) is 84.2 Å². The van der Waals surface area contributed by atoms with Crippen LogP contribution in [-0.2, 0) is 4.79 Å². The molecule has 1 aromatic heterocycles. The van der Waals surface area contributed by atoms with Crippen LogP contribution in [0.15, 0.2) is 73.3 Å². The summed E-state index contributed by atoms with van der Waals surface area (Å²) in [7, 11) is 0. The Balaban J connectivity index is 1.66. The minimum absolute atomic E-state index is 0.217. The molecule has 0 atom stereocenters. The Labute approximate surface area is 144 Å². The molecule has 6 nitrogen and oxygen atoms in total. The van der Waals surface area contributed by atoms with Gasteiger partial charge in [-0.15, -0.1) is 0 Å². The van der Waals surface area contributed by atoms with E-state index in [0.717, 1.165) is 17.3 Å². The number of imidazole rings is 1. The summed E-state index contributed by atoms with van der Waals surface area (Å²) in [6.45, 7) is 0. The smallest absolute Gasteiger partial charge is 0.328 e. The van der Waals surface area contributed by atoms with Gasteiger partial charge in [0.15, 0.2) is 0 Å². The highest BCUT2D eigenvalue weighted by atomic mass is 16.4.